The molecule has 0 atom stereocenters. The van der Waals surface area contributed by atoms with Gasteiger partial charge in [-0.15, -0.1) is 0 Å². The fourth-order valence-corrected chi connectivity index (χ4v) is 2.94. The molecule has 0 aliphatic heterocycles. The molecule has 0 fully saturated rings. The van der Waals surface area contributed by atoms with Crippen LogP contribution in [0.25, 0.3) is 0 Å². The minimum atomic E-state index is -0.322. The summed E-state index contributed by atoms with van der Waals surface area (Å²) < 4.78 is 24.3. The number of hydrogen-bond donors (Lipinski definition) is 1. The van der Waals surface area contributed by atoms with Crippen molar-refractivity contribution in [2.75, 3.05) is 5.32 Å². The number of benzene rings is 3. The molecule has 4 rings (SSSR count). The van der Waals surface area contributed by atoms with Crippen LogP contribution >= 0.6 is 0 Å². The van der Waals surface area contributed by atoms with Gasteiger partial charge in [-0.2, -0.15) is 0 Å². The van der Waals surface area contributed by atoms with E-state index >= 15 is 0 Å². The summed E-state index contributed by atoms with van der Waals surface area (Å²) in [5, 5.41) is 2.83. The van der Waals surface area contributed by atoms with Crippen LogP contribution in [0.15, 0.2) is 97.2 Å². The molecule has 0 saturated carbocycles. The molecular formula is C26H21FN2O3. The van der Waals surface area contributed by atoms with Crippen LogP contribution in [0.4, 0.5) is 10.1 Å². The number of halogens is 1. The number of nitrogens with one attached hydrogen (secondary N) is 1. The van der Waals surface area contributed by atoms with Crippen molar-refractivity contribution >= 4 is 11.6 Å². The Morgan fingerprint density at radius 2 is 1.50 bits per heavy atom. The Morgan fingerprint density at radius 1 is 0.812 bits per heavy atom. The van der Waals surface area contributed by atoms with Gasteiger partial charge in [0.25, 0.3) is 5.91 Å². The third-order valence-electron chi connectivity index (χ3n) is 4.61. The number of carbonyl (C=O) groups is 1. The Labute approximate surface area is 185 Å². The summed E-state index contributed by atoms with van der Waals surface area (Å²) in [6.07, 6.45) is 1.53. The van der Waals surface area contributed by atoms with E-state index in [1.165, 1.54) is 18.3 Å². The van der Waals surface area contributed by atoms with E-state index < -0.39 is 0 Å². The first kappa shape index (κ1) is 21.2. The number of amides is 1. The summed E-state index contributed by atoms with van der Waals surface area (Å²) in [5.41, 5.74) is 2.91. The minimum Gasteiger partial charge on any atom is -0.457 e. The SMILES string of the molecule is O=C(Nc1ccc(Oc2ccc(F)cc2)cc1)c1ccc(COCc2ccccc2)nc1. The summed E-state index contributed by atoms with van der Waals surface area (Å²) in [6, 6.07) is 26.1. The van der Waals surface area contributed by atoms with E-state index in [1.807, 2.05) is 30.3 Å². The van der Waals surface area contributed by atoms with E-state index in [9.17, 15) is 9.18 Å². The lowest BCUT2D eigenvalue weighted by Crippen LogP contribution is -2.12. The normalized spacial score (nSPS) is 10.5. The Hall–Kier alpha value is -4.03. The van der Waals surface area contributed by atoms with Crippen LogP contribution in [0.2, 0.25) is 0 Å². The van der Waals surface area contributed by atoms with Gasteiger partial charge in [0.15, 0.2) is 0 Å². The van der Waals surface area contributed by atoms with Crippen LogP contribution < -0.4 is 10.1 Å². The quantitative estimate of drug-likeness (QED) is 0.375. The Bertz CT molecular complexity index is 1150. The van der Waals surface area contributed by atoms with Gasteiger partial charge >= 0.3 is 0 Å². The van der Waals surface area contributed by atoms with Gasteiger partial charge in [-0.25, -0.2) is 4.39 Å². The fourth-order valence-electron chi connectivity index (χ4n) is 2.94. The summed E-state index contributed by atoms with van der Waals surface area (Å²) >= 11 is 0. The number of hydrogen-bond acceptors (Lipinski definition) is 4. The average Bonchev–Trinajstić information content (AvgIpc) is 2.83. The molecule has 0 radical (unpaired) electrons. The van der Waals surface area contributed by atoms with E-state index in [-0.39, 0.29) is 11.7 Å². The topological polar surface area (TPSA) is 60.5 Å². The Kier molecular flexibility index (Phi) is 6.84. The third-order valence-corrected chi connectivity index (χ3v) is 4.61. The molecular weight excluding hydrogens is 407 g/mol. The highest BCUT2D eigenvalue weighted by molar-refractivity contribution is 6.04. The number of rotatable bonds is 8. The highest BCUT2D eigenvalue weighted by atomic mass is 19.1. The lowest BCUT2D eigenvalue weighted by Gasteiger charge is -2.09. The second-order valence-electron chi connectivity index (χ2n) is 7.05. The van der Waals surface area contributed by atoms with Gasteiger partial charge in [0.05, 0.1) is 24.5 Å². The van der Waals surface area contributed by atoms with Crippen molar-refractivity contribution in [1.29, 1.82) is 0 Å². The molecule has 0 saturated heterocycles. The Balaban J connectivity index is 1.28. The number of nitrogens with zero attached hydrogens (tertiary/aromatic N) is 1. The van der Waals surface area contributed by atoms with E-state index in [0.717, 1.165) is 11.3 Å². The number of carbonyl (C=O) groups excluding carboxylic acids is 1. The van der Waals surface area contributed by atoms with Crippen molar-refractivity contribution in [3.63, 3.8) is 0 Å². The predicted molar refractivity (Wildman–Crippen MR) is 120 cm³/mol. The van der Waals surface area contributed by atoms with E-state index in [0.29, 0.717) is 36.0 Å². The molecule has 0 unspecified atom stereocenters. The molecule has 1 heterocycles. The molecule has 0 spiro atoms. The zero-order valence-electron chi connectivity index (χ0n) is 17.2. The molecule has 1 N–H and O–H groups in total. The van der Waals surface area contributed by atoms with Crippen LogP contribution in [0.3, 0.4) is 0 Å². The number of pyridine rings is 1. The summed E-state index contributed by atoms with van der Waals surface area (Å²) in [7, 11) is 0. The molecule has 5 nitrogen and oxygen atoms in total. The van der Waals surface area contributed by atoms with Gasteiger partial charge in [-0.1, -0.05) is 30.3 Å². The maximum atomic E-state index is 13.0. The van der Waals surface area contributed by atoms with Crippen LogP contribution in [-0.2, 0) is 18.0 Å². The molecule has 0 bridgehead atoms. The van der Waals surface area contributed by atoms with Crippen LogP contribution in [0.5, 0.6) is 11.5 Å². The second-order valence-corrected chi connectivity index (χ2v) is 7.05. The molecule has 3 aromatic carbocycles. The van der Waals surface area contributed by atoms with Crippen molar-refractivity contribution in [3.8, 4) is 11.5 Å². The van der Waals surface area contributed by atoms with Gasteiger partial charge in [-0.05, 0) is 66.2 Å². The van der Waals surface area contributed by atoms with E-state index in [2.05, 4.69) is 10.3 Å². The van der Waals surface area contributed by atoms with E-state index in [4.69, 9.17) is 9.47 Å². The Morgan fingerprint density at radius 3 is 2.16 bits per heavy atom. The summed E-state index contributed by atoms with van der Waals surface area (Å²) in [4.78, 5) is 16.8. The number of aromatic nitrogens is 1. The van der Waals surface area contributed by atoms with Crippen LogP contribution in [-0.4, -0.2) is 10.9 Å². The predicted octanol–water partition coefficient (Wildman–Crippen LogP) is 5.98. The highest BCUT2D eigenvalue weighted by Crippen LogP contribution is 2.23. The van der Waals surface area contributed by atoms with Crippen molar-refractivity contribution in [3.05, 3.63) is 120 Å². The third kappa shape index (κ3) is 6.00. The molecule has 1 aromatic heterocycles. The molecule has 4 aromatic rings. The first-order valence-electron chi connectivity index (χ1n) is 10.1. The molecule has 6 heteroatoms. The lowest BCUT2D eigenvalue weighted by atomic mass is 10.2. The van der Waals surface area contributed by atoms with Crippen LogP contribution in [0.1, 0.15) is 21.6 Å². The minimum absolute atomic E-state index is 0.263. The fraction of sp³-hybridized carbons (Fsp3) is 0.0769. The molecule has 0 aliphatic carbocycles. The smallest absolute Gasteiger partial charge is 0.257 e. The zero-order valence-corrected chi connectivity index (χ0v) is 17.2. The first-order chi connectivity index (χ1) is 15.7. The number of anilines is 1. The molecule has 1 amide bonds. The molecule has 32 heavy (non-hydrogen) atoms. The molecule has 0 aliphatic rings. The second kappa shape index (κ2) is 10.3. The van der Waals surface area contributed by atoms with E-state index in [1.54, 1.807) is 48.5 Å². The maximum Gasteiger partial charge on any atom is 0.257 e. The average molecular weight is 428 g/mol. The van der Waals surface area contributed by atoms with Gasteiger partial charge in [0.1, 0.15) is 17.3 Å². The van der Waals surface area contributed by atoms with Gasteiger partial charge in [0.2, 0.25) is 0 Å². The van der Waals surface area contributed by atoms with Crippen molar-refractivity contribution in [2.45, 2.75) is 13.2 Å². The lowest BCUT2D eigenvalue weighted by molar-refractivity contribution is 0.102. The summed E-state index contributed by atoms with van der Waals surface area (Å²) in [6.45, 7) is 0.873. The largest absolute Gasteiger partial charge is 0.457 e. The monoisotopic (exact) mass is 428 g/mol. The van der Waals surface area contributed by atoms with Crippen molar-refractivity contribution in [2.24, 2.45) is 0 Å². The van der Waals surface area contributed by atoms with Crippen molar-refractivity contribution in [1.82, 2.24) is 4.98 Å². The van der Waals surface area contributed by atoms with Gasteiger partial charge in [-0.3, -0.25) is 9.78 Å². The molecule has 160 valence electrons. The number of ether oxygens (including phenoxy) is 2. The maximum absolute atomic E-state index is 13.0. The first-order valence-corrected chi connectivity index (χ1v) is 10.1. The highest BCUT2D eigenvalue weighted by Gasteiger charge is 2.08. The van der Waals surface area contributed by atoms with Crippen LogP contribution in [0, 0.1) is 5.82 Å². The van der Waals surface area contributed by atoms with Gasteiger partial charge in [0, 0.05) is 11.9 Å². The standard InChI is InChI=1S/C26H21FN2O3/c27-21-7-12-24(13-8-21)32-25-14-10-22(11-15-25)29-26(30)20-6-9-23(28-16-20)18-31-17-19-4-2-1-3-5-19/h1-16H,17-18H2,(H,29,30). The van der Waals surface area contributed by atoms with Gasteiger partial charge < -0.3 is 14.8 Å². The zero-order chi connectivity index (χ0) is 22.2. The summed E-state index contributed by atoms with van der Waals surface area (Å²) in [5.74, 6) is 0.525. The van der Waals surface area contributed by atoms with Crippen molar-refractivity contribution < 1.29 is 18.7 Å².